The smallest absolute Gasteiger partial charge is 0.291 e. The SMILES string of the molecule is O=C(Nc1cccc(NC(=O)c2cc(Br)ccc2OCCc2ccccc2)c1)c1ccco1. The lowest BCUT2D eigenvalue weighted by molar-refractivity contribution is 0.0994. The van der Waals surface area contributed by atoms with Crippen molar-refractivity contribution in [2.24, 2.45) is 0 Å². The summed E-state index contributed by atoms with van der Waals surface area (Å²) in [5.41, 5.74) is 2.63. The molecule has 1 aromatic heterocycles. The maximum Gasteiger partial charge on any atom is 0.291 e. The summed E-state index contributed by atoms with van der Waals surface area (Å²) in [6.45, 7) is 0.445. The molecule has 0 saturated carbocycles. The first-order chi connectivity index (χ1) is 16.1. The largest absolute Gasteiger partial charge is 0.492 e. The zero-order valence-electron chi connectivity index (χ0n) is 17.6. The summed E-state index contributed by atoms with van der Waals surface area (Å²) in [6.07, 6.45) is 2.17. The number of ether oxygens (including phenoxy) is 1. The van der Waals surface area contributed by atoms with Crippen LogP contribution in [0.2, 0.25) is 0 Å². The van der Waals surface area contributed by atoms with Crippen molar-refractivity contribution < 1.29 is 18.7 Å². The molecule has 1 heterocycles. The van der Waals surface area contributed by atoms with Crippen LogP contribution in [-0.4, -0.2) is 18.4 Å². The van der Waals surface area contributed by atoms with Crippen LogP contribution in [0, 0.1) is 0 Å². The summed E-state index contributed by atoms with van der Waals surface area (Å²) in [5.74, 6) is 0.00914. The molecular formula is C26H21BrN2O4. The molecule has 2 amide bonds. The predicted octanol–water partition coefficient (Wildman–Crippen LogP) is 6.17. The lowest BCUT2D eigenvalue weighted by Gasteiger charge is -2.13. The quantitative estimate of drug-likeness (QED) is 0.300. The molecule has 2 N–H and O–H groups in total. The second kappa shape index (κ2) is 10.7. The molecule has 0 unspecified atom stereocenters. The van der Waals surface area contributed by atoms with Crippen LogP contribution in [0.15, 0.2) is 100 Å². The maximum atomic E-state index is 13.0. The van der Waals surface area contributed by atoms with Crippen molar-refractivity contribution in [3.63, 3.8) is 0 Å². The Bertz CT molecular complexity index is 1240. The molecule has 0 bridgehead atoms. The molecule has 0 aliphatic rings. The van der Waals surface area contributed by atoms with Crippen molar-refractivity contribution >= 4 is 39.1 Å². The van der Waals surface area contributed by atoms with E-state index in [0.29, 0.717) is 29.3 Å². The molecule has 33 heavy (non-hydrogen) atoms. The van der Waals surface area contributed by atoms with Crippen molar-refractivity contribution in [1.29, 1.82) is 0 Å². The second-order valence-electron chi connectivity index (χ2n) is 7.19. The van der Waals surface area contributed by atoms with Gasteiger partial charge in [0.2, 0.25) is 0 Å². The van der Waals surface area contributed by atoms with Crippen LogP contribution in [0.25, 0.3) is 0 Å². The van der Waals surface area contributed by atoms with Crippen molar-refractivity contribution in [3.8, 4) is 5.75 Å². The van der Waals surface area contributed by atoms with Crippen molar-refractivity contribution in [3.05, 3.63) is 113 Å². The summed E-state index contributed by atoms with van der Waals surface area (Å²) >= 11 is 3.42. The minimum atomic E-state index is -0.371. The fraction of sp³-hybridized carbons (Fsp3) is 0.0769. The third kappa shape index (κ3) is 6.11. The van der Waals surface area contributed by atoms with E-state index in [-0.39, 0.29) is 17.6 Å². The molecule has 0 spiro atoms. The standard InChI is InChI=1S/C26H21BrN2O4/c27-19-11-12-23(33-15-13-18-6-2-1-3-7-18)22(16-19)25(30)28-20-8-4-9-21(17-20)29-26(31)24-10-5-14-32-24/h1-12,14,16-17H,13,15H2,(H,28,30)(H,29,31). The third-order valence-electron chi connectivity index (χ3n) is 4.80. The van der Waals surface area contributed by atoms with Gasteiger partial charge in [-0.1, -0.05) is 52.3 Å². The van der Waals surface area contributed by atoms with Gasteiger partial charge < -0.3 is 19.8 Å². The average Bonchev–Trinajstić information content (AvgIpc) is 3.36. The van der Waals surface area contributed by atoms with Crippen LogP contribution in [0.4, 0.5) is 11.4 Å². The fourth-order valence-corrected chi connectivity index (χ4v) is 3.56. The summed E-state index contributed by atoms with van der Waals surface area (Å²) in [5, 5.41) is 5.61. The van der Waals surface area contributed by atoms with Gasteiger partial charge in [-0.3, -0.25) is 9.59 Å². The number of anilines is 2. The van der Waals surface area contributed by atoms with E-state index >= 15 is 0 Å². The van der Waals surface area contributed by atoms with Gasteiger partial charge in [0, 0.05) is 22.3 Å². The van der Waals surface area contributed by atoms with Crippen LogP contribution in [0.5, 0.6) is 5.75 Å². The number of nitrogens with one attached hydrogen (secondary N) is 2. The highest BCUT2D eigenvalue weighted by Gasteiger charge is 2.15. The number of carbonyl (C=O) groups is 2. The summed E-state index contributed by atoms with van der Waals surface area (Å²) in [4.78, 5) is 25.2. The number of hydrogen-bond donors (Lipinski definition) is 2. The Labute approximate surface area is 199 Å². The molecule has 4 rings (SSSR count). The van der Waals surface area contributed by atoms with Crippen LogP contribution < -0.4 is 15.4 Å². The van der Waals surface area contributed by atoms with E-state index in [1.807, 2.05) is 36.4 Å². The monoisotopic (exact) mass is 504 g/mol. The van der Waals surface area contributed by atoms with Gasteiger partial charge in [0.1, 0.15) is 5.75 Å². The van der Waals surface area contributed by atoms with Crippen molar-refractivity contribution in [2.45, 2.75) is 6.42 Å². The molecule has 6 nitrogen and oxygen atoms in total. The number of benzene rings is 3. The normalized spacial score (nSPS) is 10.5. The first-order valence-corrected chi connectivity index (χ1v) is 11.1. The van der Waals surface area contributed by atoms with E-state index in [1.165, 1.54) is 6.26 Å². The van der Waals surface area contributed by atoms with Crippen LogP contribution in [0.3, 0.4) is 0 Å². The Kier molecular flexibility index (Phi) is 7.22. The number of rotatable bonds is 8. The first-order valence-electron chi connectivity index (χ1n) is 10.3. The predicted molar refractivity (Wildman–Crippen MR) is 131 cm³/mol. The van der Waals surface area contributed by atoms with Gasteiger partial charge in [-0.2, -0.15) is 0 Å². The Morgan fingerprint density at radius 1 is 0.818 bits per heavy atom. The second-order valence-corrected chi connectivity index (χ2v) is 8.11. The first kappa shape index (κ1) is 22.4. The molecule has 3 aromatic carbocycles. The van der Waals surface area contributed by atoms with Crippen molar-refractivity contribution in [2.75, 3.05) is 17.2 Å². The Hall–Kier alpha value is -3.84. The lowest BCUT2D eigenvalue weighted by atomic mass is 10.1. The van der Waals surface area contributed by atoms with Gasteiger partial charge in [0.15, 0.2) is 5.76 Å². The Morgan fingerprint density at radius 3 is 2.30 bits per heavy atom. The molecule has 0 saturated heterocycles. The van der Waals surface area contributed by atoms with E-state index in [0.717, 1.165) is 16.5 Å². The van der Waals surface area contributed by atoms with E-state index in [1.54, 1.807) is 48.5 Å². The van der Waals surface area contributed by atoms with Gasteiger partial charge in [0.25, 0.3) is 11.8 Å². The van der Waals surface area contributed by atoms with Gasteiger partial charge in [-0.25, -0.2) is 0 Å². The molecule has 0 fully saturated rings. The number of amides is 2. The zero-order chi connectivity index (χ0) is 23.0. The van der Waals surface area contributed by atoms with E-state index < -0.39 is 0 Å². The van der Waals surface area contributed by atoms with Crippen molar-refractivity contribution in [1.82, 2.24) is 0 Å². The van der Waals surface area contributed by atoms with Gasteiger partial charge in [0.05, 0.1) is 18.4 Å². The fourth-order valence-electron chi connectivity index (χ4n) is 3.20. The minimum Gasteiger partial charge on any atom is -0.492 e. The highest BCUT2D eigenvalue weighted by atomic mass is 79.9. The molecular weight excluding hydrogens is 484 g/mol. The zero-order valence-corrected chi connectivity index (χ0v) is 19.2. The van der Waals surface area contributed by atoms with Gasteiger partial charge in [-0.15, -0.1) is 0 Å². The molecule has 4 aromatic rings. The van der Waals surface area contributed by atoms with Crippen LogP contribution >= 0.6 is 15.9 Å². The maximum absolute atomic E-state index is 13.0. The van der Waals surface area contributed by atoms with Crippen LogP contribution in [-0.2, 0) is 6.42 Å². The number of hydrogen-bond acceptors (Lipinski definition) is 4. The van der Waals surface area contributed by atoms with Gasteiger partial charge in [-0.05, 0) is 54.1 Å². The Morgan fingerprint density at radius 2 is 1.58 bits per heavy atom. The molecule has 0 aliphatic carbocycles. The highest BCUT2D eigenvalue weighted by Crippen LogP contribution is 2.25. The molecule has 166 valence electrons. The third-order valence-corrected chi connectivity index (χ3v) is 5.29. The van der Waals surface area contributed by atoms with E-state index in [4.69, 9.17) is 9.15 Å². The van der Waals surface area contributed by atoms with E-state index in [9.17, 15) is 9.59 Å². The molecule has 0 radical (unpaired) electrons. The average molecular weight is 505 g/mol. The van der Waals surface area contributed by atoms with Crippen LogP contribution in [0.1, 0.15) is 26.5 Å². The summed E-state index contributed by atoms with van der Waals surface area (Å²) in [6, 6.07) is 25.4. The lowest BCUT2D eigenvalue weighted by Crippen LogP contribution is -2.15. The highest BCUT2D eigenvalue weighted by molar-refractivity contribution is 9.10. The van der Waals surface area contributed by atoms with E-state index in [2.05, 4.69) is 26.6 Å². The number of carbonyl (C=O) groups excluding carboxylic acids is 2. The Balaban J connectivity index is 1.43. The number of furan rings is 1. The topological polar surface area (TPSA) is 80.6 Å². The molecule has 7 heteroatoms. The molecule has 0 aliphatic heterocycles. The molecule has 0 atom stereocenters. The number of halogens is 1. The van der Waals surface area contributed by atoms with Gasteiger partial charge >= 0.3 is 0 Å². The summed E-state index contributed by atoms with van der Waals surface area (Å²) in [7, 11) is 0. The minimum absolute atomic E-state index is 0.205. The summed E-state index contributed by atoms with van der Waals surface area (Å²) < 4.78 is 11.8.